The van der Waals surface area contributed by atoms with Crippen LogP contribution in [0.15, 0.2) is 30.3 Å². The molecule has 0 spiro atoms. The van der Waals surface area contributed by atoms with Gasteiger partial charge in [0.25, 0.3) is 0 Å². The van der Waals surface area contributed by atoms with E-state index in [1.165, 1.54) is 19.9 Å². The van der Waals surface area contributed by atoms with Crippen molar-refractivity contribution in [3.63, 3.8) is 0 Å². The standard InChI is InChI=1S/C13H18FNO2.C10H14N4O2/c1-13(2,14)11-6-3-7-12(15-11)17-10-5-4-8-16-9-10;1-13-4-6-14(7-5-13)9-3-2-8(10(15)16)11-12-9/h3,6-7,10H,4-5,8-9H2,1-2H3;2-3H,4-7H2,1H3,(H,15,16). The maximum absolute atomic E-state index is 13.7. The highest BCUT2D eigenvalue weighted by molar-refractivity contribution is 5.85. The van der Waals surface area contributed by atoms with Crippen LogP contribution in [0.4, 0.5) is 10.2 Å². The number of aromatic nitrogens is 3. The van der Waals surface area contributed by atoms with E-state index in [0.29, 0.717) is 18.2 Å². The van der Waals surface area contributed by atoms with Gasteiger partial charge in [-0.25, -0.2) is 14.2 Å². The normalized spacial score (nSPS) is 19.4. The lowest BCUT2D eigenvalue weighted by Gasteiger charge is -2.32. The minimum absolute atomic E-state index is 0.0159. The Hall–Kier alpha value is -2.85. The lowest BCUT2D eigenvalue weighted by molar-refractivity contribution is 0.00518. The number of carbonyl (C=O) groups is 1. The number of piperazine rings is 1. The SMILES string of the molecule is CC(C)(F)c1cccc(OC2CCCOC2)n1.CN1CCN(c2ccc(C(=O)O)nn2)CC1. The zero-order valence-corrected chi connectivity index (χ0v) is 19.4. The van der Waals surface area contributed by atoms with Crippen LogP contribution in [0.1, 0.15) is 42.9 Å². The Morgan fingerprint density at radius 2 is 1.94 bits per heavy atom. The second-order valence-electron chi connectivity index (χ2n) is 8.66. The molecule has 33 heavy (non-hydrogen) atoms. The third kappa shape index (κ3) is 7.61. The summed E-state index contributed by atoms with van der Waals surface area (Å²) in [6, 6.07) is 8.39. The van der Waals surface area contributed by atoms with Crippen molar-refractivity contribution in [2.75, 3.05) is 51.3 Å². The minimum Gasteiger partial charge on any atom is -0.476 e. The van der Waals surface area contributed by atoms with Crippen molar-refractivity contribution in [3.05, 3.63) is 41.7 Å². The molecule has 1 N–H and O–H groups in total. The van der Waals surface area contributed by atoms with E-state index in [1.54, 1.807) is 24.3 Å². The zero-order valence-electron chi connectivity index (χ0n) is 19.4. The average Bonchev–Trinajstić information content (AvgIpc) is 2.80. The number of pyridine rings is 1. The number of aromatic carboxylic acids is 1. The molecule has 4 rings (SSSR count). The van der Waals surface area contributed by atoms with Crippen molar-refractivity contribution in [3.8, 4) is 5.88 Å². The lowest BCUT2D eigenvalue weighted by Crippen LogP contribution is -2.44. The summed E-state index contributed by atoms with van der Waals surface area (Å²) < 4.78 is 24.8. The van der Waals surface area contributed by atoms with Crippen molar-refractivity contribution in [2.45, 2.75) is 38.5 Å². The summed E-state index contributed by atoms with van der Waals surface area (Å²) in [6.07, 6.45) is 2.00. The van der Waals surface area contributed by atoms with Crippen molar-refractivity contribution < 1.29 is 23.8 Å². The zero-order chi connectivity index (χ0) is 23.8. The number of alkyl halides is 1. The monoisotopic (exact) mass is 461 g/mol. The highest BCUT2D eigenvalue weighted by atomic mass is 19.1. The molecule has 9 nitrogen and oxygen atoms in total. The minimum atomic E-state index is -1.44. The molecular weight excluding hydrogens is 429 g/mol. The van der Waals surface area contributed by atoms with Crippen LogP contribution in [0.5, 0.6) is 5.88 Å². The van der Waals surface area contributed by atoms with Crippen LogP contribution in [0.3, 0.4) is 0 Å². The van der Waals surface area contributed by atoms with Crippen LogP contribution in [0.2, 0.25) is 0 Å². The van der Waals surface area contributed by atoms with Gasteiger partial charge in [0.05, 0.1) is 12.3 Å². The summed E-state index contributed by atoms with van der Waals surface area (Å²) in [6.45, 7) is 8.14. The van der Waals surface area contributed by atoms with Gasteiger partial charge in [-0.1, -0.05) is 6.07 Å². The Labute approximate surface area is 193 Å². The van der Waals surface area contributed by atoms with Gasteiger partial charge in [0.1, 0.15) is 11.8 Å². The smallest absolute Gasteiger partial charge is 0.356 e. The maximum atomic E-state index is 13.7. The van der Waals surface area contributed by atoms with Crippen LogP contribution in [-0.4, -0.2) is 83.7 Å². The first-order valence-corrected chi connectivity index (χ1v) is 11.1. The van der Waals surface area contributed by atoms with E-state index >= 15 is 0 Å². The number of ether oxygens (including phenoxy) is 2. The Bertz CT molecular complexity index is 892. The summed E-state index contributed by atoms with van der Waals surface area (Å²) in [7, 11) is 2.08. The Kier molecular flexibility index (Phi) is 8.51. The molecule has 0 radical (unpaired) electrons. The predicted octanol–water partition coefficient (Wildman–Crippen LogP) is 2.77. The van der Waals surface area contributed by atoms with Crippen LogP contribution in [0.25, 0.3) is 0 Å². The third-order valence-corrected chi connectivity index (χ3v) is 5.44. The van der Waals surface area contributed by atoms with Crippen LogP contribution in [0, 0.1) is 0 Å². The van der Waals surface area contributed by atoms with Gasteiger partial charge in [0, 0.05) is 38.9 Å². The van der Waals surface area contributed by atoms with Gasteiger partial charge in [-0.3, -0.25) is 0 Å². The number of carboxylic acids is 1. The first-order chi connectivity index (χ1) is 15.7. The lowest BCUT2D eigenvalue weighted by atomic mass is 10.1. The van der Waals surface area contributed by atoms with E-state index < -0.39 is 11.6 Å². The summed E-state index contributed by atoms with van der Waals surface area (Å²) >= 11 is 0. The number of nitrogens with zero attached hydrogens (tertiary/aromatic N) is 5. The Morgan fingerprint density at radius 3 is 2.52 bits per heavy atom. The average molecular weight is 462 g/mol. The van der Waals surface area contributed by atoms with E-state index in [-0.39, 0.29) is 11.8 Å². The molecule has 2 saturated heterocycles. The molecule has 0 amide bonds. The van der Waals surface area contributed by atoms with Gasteiger partial charge >= 0.3 is 5.97 Å². The second kappa shape index (κ2) is 11.3. The van der Waals surface area contributed by atoms with Crippen LogP contribution >= 0.6 is 0 Å². The number of halogens is 1. The molecule has 2 aliphatic heterocycles. The summed E-state index contributed by atoms with van der Waals surface area (Å²) in [5, 5.41) is 16.3. The fourth-order valence-electron chi connectivity index (χ4n) is 3.43. The number of hydrogen-bond donors (Lipinski definition) is 1. The molecule has 0 bridgehead atoms. The van der Waals surface area contributed by atoms with E-state index in [2.05, 4.69) is 32.0 Å². The van der Waals surface area contributed by atoms with Gasteiger partial charge in [0.15, 0.2) is 11.5 Å². The molecule has 1 unspecified atom stereocenters. The Morgan fingerprint density at radius 1 is 1.18 bits per heavy atom. The molecular formula is C23H32FN5O4. The van der Waals surface area contributed by atoms with Gasteiger partial charge in [0.2, 0.25) is 5.88 Å². The van der Waals surface area contributed by atoms with E-state index in [4.69, 9.17) is 14.6 Å². The first-order valence-electron chi connectivity index (χ1n) is 11.1. The van der Waals surface area contributed by atoms with E-state index in [9.17, 15) is 9.18 Å². The molecule has 2 aliphatic rings. The fourth-order valence-corrected chi connectivity index (χ4v) is 3.43. The topological polar surface area (TPSA) is 101 Å². The highest BCUT2D eigenvalue weighted by Crippen LogP contribution is 2.25. The second-order valence-corrected chi connectivity index (χ2v) is 8.66. The van der Waals surface area contributed by atoms with Crippen molar-refractivity contribution in [2.24, 2.45) is 0 Å². The summed E-state index contributed by atoms with van der Waals surface area (Å²) in [4.78, 5) is 19.1. The molecule has 4 heterocycles. The van der Waals surface area contributed by atoms with Gasteiger partial charge in [-0.05, 0) is 51.9 Å². The molecule has 180 valence electrons. The highest BCUT2D eigenvalue weighted by Gasteiger charge is 2.22. The number of carboxylic acid groups (broad SMARTS) is 1. The number of hydrogen-bond acceptors (Lipinski definition) is 8. The largest absolute Gasteiger partial charge is 0.476 e. The maximum Gasteiger partial charge on any atom is 0.356 e. The quantitative estimate of drug-likeness (QED) is 0.720. The van der Waals surface area contributed by atoms with E-state index in [1.807, 2.05) is 0 Å². The first kappa shape index (κ1) is 24.8. The Balaban J connectivity index is 0.000000186. The van der Waals surface area contributed by atoms with Crippen LogP contribution < -0.4 is 9.64 Å². The molecule has 2 aromatic rings. The number of rotatable bonds is 5. The molecule has 10 heteroatoms. The van der Waals surface area contributed by atoms with E-state index in [0.717, 1.165) is 51.4 Å². The van der Waals surface area contributed by atoms with Crippen molar-refractivity contribution >= 4 is 11.8 Å². The van der Waals surface area contributed by atoms with Crippen molar-refractivity contribution in [1.82, 2.24) is 20.1 Å². The molecule has 0 aromatic carbocycles. The molecule has 2 fully saturated rings. The third-order valence-electron chi connectivity index (χ3n) is 5.44. The van der Waals surface area contributed by atoms with Gasteiger partial charge in [-0.2, -0.15) is 0 Å². The summed E-state index contributed by atoms with van der Waals surface area (Å²) in [5.41, 5.74) is -1.06. The molecule has 1 atom stereocenters. The van der Waals surface area contributed by atoms with Crippen LogP contribution in [-0.2, 0) is 10.4 Å². The van der Waals surface area contributed by atoms with Gasteiger partial charge < -0.3 is 24.4 Å². The number of likely N-dealkylation sites (N-methyl/N-ethyl adjacent to an activating group) is 1. The fraction of sp³-hybridized carbons (Fsp3) is 0.565. The number of anilines is 1. The predicted molar refractivity (Wildman–Crippen MR) is 122 cm³/mol. The summed E-state index contributed by atoms with van der Waals surface area (Å²) in [5.74, 6) is 0.180. The molecule has 2 aromatic heterocycles. The van der Waals surface area contributed by atoms with Crippen molar-refractivity contribution in [1.29, 1.82) is 0 Å². The molecule has 0 saturated carbocycles. The molecule has 0 aliphatic carbocycles. The van der Waals surface area contributed by atoms with Gasteiger partial charge in [-0.15, -0.1) is 10.2 Å².